The molecule has 15 heavy (non-hydrogen) atoms. The number of nitrogens with zero attached hydrogens (tertiary/aromatic N) is 1. The molecule has 0 saturated heterocycles. The molecule has 1 heterocycles. The number of hydrogen-bond acceptors (Lipinski definition) is 3. The fourth-order valence-electron chi connectivity index (χ4n) is 1.53. The summed E-state index contributed by atoms with van der Waals surface area (Å²) in [5, 5.41) is 7.97. The average molecular weight is 204 g/mol. The van der Waals surface area contributed by atoms with Crippen LogP contribution in [0.3, 0.4) is 0 Å². The van der Waals surface area contributed by atoms with Crippen LogP contribution in [0.15, 0.2) is 18.2 Å². The van der Waals surface area contributed by atoms with Crippen molar-refractivity contribution in [2.24, 2.45) is 0 Å². The number of rotatable bonds is 2. The zero-order chi connectivity index (χ0) is 10.8. The fraction of sp³-hybridized carbons (Fsp3) is 0.273. The smallest absolute Gasteiger partial charge is 0.311 e. The molecule has 0 radical (unpaired) electrons. The van der Waals surface area contributed by atoms with Crippen LogP contribution in [-0.4, -0.2) is 23.3 Å². The Labute approximate surface area is 87.2 Å². The van der Waals surface area contributed by atoms with Gasteiger partial charge in [-0.25, -0.2) is 0 Å². The van der Waals surface area contributed by atoms with Crippen LogP contribution < -0.4 is 0 Å². The molecule has 1 aromatic heterocycles. The molecule has 0 aliphatic rings. The van der Waals surface area contributed by atoms with Crippen LogP contribution in [-0.2, 0) is 16.0 Å². The Bertz CT molecular complexity index is 502. The summed E-state index contributed by atoms with van der Waals surface area (Å²) in [6.45, 7) is 2.01. The Morgan fingerprint density at radius 2 is 2.33 bits per heavy atom. The topological polar surface area (TPSA) is 55.0 Å². The van der Waals surface area contributed by atoms with E-state index in [1.54, 1.807) is 0 Å². The number of fused-ring (bicyclic) bond motifs is 1. The number of H-pyrrole nitrogens is 1. The van der Waals surface area contributed by atoms with Crippen LogP contribution in [0.4, 0.5) is 0 Å². The quantitative estimate of drug-likeness (QED) is 0.756. The van der Waals surface area contributed by atoms with Gasteiger partial charge in [0.25, 0.3) is 0 Å². The first-order chi connectivity index (χ1) is 7.20. The number of nitrogens with one attached hydrogen (secondary N) is 1. The molecular weight excluding hydrogens is 192 g/mol. The van der Waals surface area contributed by atoms with Crippen molar-refractivity contribution in [1.29, 1.82) is 0 Å². The van der Waals surface area contributed by atoms with E-state index in [4.69, 9.17) is 0 Å². The van der Waals surface area contributed by atoms with Crippen molar-refractivity contribution in [3.8, 4) is 0 Å². The minimum Gasteiger partial charge on any atom is -0.469 e. The Hall–Kier alpha value is -1.84. The lowest BCUT2D eigenvalue weighted by Crippen LogP contribution is -2.04. The third kappa shape index (κ3) is 1.83. The molecule has 0 saturated carbocycles. The summed E-state index contributed by atoms with van der Waals surface area (Å²) >= 11 is 0. The third-order valence-corrected chi connectivity index (χ3v) is 2.34. The lowest BCUT2D eigenvalue weighted by Gasteiger charge is -1.97. The molecule has 0 amide bonds. The molecule has 4 heteroatoms. The highest BCUT2D eigenvalue weighted by Gasteiger charge is 2.09. The number of aromatic nitrogens is 2. The number of aryl methyl sites for hydroxylation is 1. The molecule has 1 N–H and O–H groups in total. The van der Waals surface area contributed by atoms with Crippen molar-refractivity contribution in [3.63, 3.8) is 0 Å². The zero-order valence-corrected chi connectivity index (χ0v) is 8.70. The largest absolute Gasteiger partial charge is 0.469 e. The minimum atomic E-state index is -0.263. The second kappa shape index (κ2) is 3.73. The SMILES string of the molecule is COC(=O)Cc1[nH]nc2cc(C)ccc12. The van der Waals surface area contributed by atoms with Gasteiger partial charge in [0.05, 0.1) is 24.7 Å². The highest BCUT2D eigenvalue weighted by atomic mass is 16.5. The minimum absolute atomic E-state index is 0.232. The molecule has 2 aromatic rings. The van der Waals surface area contributed by atoms with Crippen molar-refractivity contribution in [2.45, 2.75) is 13.3 Å². The number of methoxy groups -OCH3 is 1. The molecular formula is C11H12N2O2. The summed E-state index contributed by atoms with van der Waals surface area (Å²) in [4.78, 5) is 11.1. The summed E-state index contributed by atoms with van der Waals surface area (Å²) in [5.41, 5.74) is 2.84. The highest BCUT2D eigenvalue weighted by Crippen LogP contribution is 2.17. The maximum atomic E-state index is 11.1. The Kier molecular flexibility index (Phi) is 2.41. The standard InChI is InChI=1S/C11H12N2O2/c1-7-3-4-8-9(5-7)12-13-10(8)6-11(14)15-2/h3-5H,6H2,1-2H3,(H,12,13). The molecule has 0 aliphatic heterocycles. The summed E-state index contributed by atoms with van der Waals surface area (Å²) in [6.07, 6.45) is 0.232. The molecule has 2 rings (SSSR count). The van der Waals surface area contributed by atoms with Gasteiger partial charge in [-0.05, 0) is 18.6 Å². The van der Waals surface area contributed by atoms with Gasteiger partial charge in [-0.15, -0.1) is 0 Å². The number of carbonyl (C=O) groups excluding carboxylic acids is 1. The van der Waals surface area contributed by atoms with Crippen LogP contribution in [0.5, 0.6) is 0 Å². The van der Waals surface area contributed by atoms with Crippen molar-refractivity contribution >= 4 is 16.9 Å². The van der Waals surface area contributed by atoms with Gasteiger partial charge in [0.15, 0.2) is 0 Å². The van der Waals surface area contributed by atoms with E-state index < -0.39 is 0 Å². The lowest BCUT2D eigenvalue weighted by molar-refractivity contribution is -0.139. The average Bonchev–Trinajstić information content (AvgIpc) is 2.60. The summed E-state index contributed by atoms with van der Waals surface area (Å²) in [5.74, 6) is -0.263. The first-order valence-corrected chi connectivity index (χ1v) is 4.71. The summed E-state index contributed by atoms with van der Waals surface area (Å²) < 4.78 is 4.61. The Morgan fingerprint density at radius 3 is 3.07 bits per heavy atom. The highest BCUT2D eigenvalue weighted by molar-refractivity contribution is 5.85. The van der Waals surface area contributed by atoms with E-state index in [1.807, 2.05) is 25.1 Å². The number of carbonyl (C=O) groups is 1. The normalized spacial score (nSPS) is 10.5. The summed E-state index contributed by atoms with van der Waals surface area (Å²) in [6, 6.07) is 5.94. The van der Waals surface area contributed by atoms with Gasteiger partial charge < -0.3 is 4.74 Å². The Balaban J connectivity index is 2.41. The predicted octanol–water partition coefficient (Wildman–Crippen LogP) is 1.59. The van der Waals surface area contributed by atoms with Gasteiger partial charge in [0, 0.05) is 5.39 Å². The van der Waals surface area contributed by atoms with Gasteiger partial charge >= 0.3 is 5.97 Å². The molecule has 1 aromatic carbocycles. The number of hydrogen-bond donors (Lipinski definition) is 1. The van der Waals surface area contributed by atoms with Crippen LogP contribution in [0.2, 0.25) is 0 Å². The lowest BCUT2D eigenvalue weighted by atomic mass is 10.1. The number of benzene rings is 1. The second-order valence-electron chi connectivity index (χ2n) is 3.48. The van der Waals surface area contributed by atoms with E-state index in [2.05, 4.69) is 14.9 Å². The van der Waals surface area contributed by atoms with Gasteiger partial charge in [-0.3, -0.25) is 9.89 Å². The molecule has 0 aliphatic carbocycles. The maximum Gasteiger partial charge on any atom is 0.311 e. The van der Waals surface area contributed by atoms with Crippen LogP contribution >= 0.6 is 0 Å². The van der Waals surface area contributed by atoms with E-state index >= 15 is 0 Å². The number of esters is 1. The van der Waals surface area contributed by atoms with E-state index in [0.717, 1.165) is 22.2 Å². The number of aromatic amines is 1. The van der Waals surface area contributed by atoms with Gasteiger partial charge in [-0.1, -0.05) is 12.1 Å². The molecule has 0 atom stereocenters. The molecule has 4 nitrogen and oxygen atoms in total. The van der Waals surface area contributed by atoms with Gasteiger partial charge in [0.2, 0.25) is 0 Å². The van der Waals surface area contributed by atoms with E-state index in [0.29, 0.717) is 0 Å². The monoisotopic (exact) mass is 204 g/mol. The van der Waals surface area contributed by atoms with E-state index in [-0.39, 0.29) is 12.4 Å². The van der Waals surface area contributed by atoms with Crippen molar-refractivity contribution in [1.82, 2.24) is 10.2 Å². The van der Waals surface area contributed by atoms with Gasteiger partial charge in [0.1, 0.15) is 0 Å². The van der Waals surface area contributed by atoms with Crippen molar-refractivity contribution < 1.29 is 9.53 Å². The third-order valence-electron chi connectivity index (χ3n) is 2.34. The summed E-state index contributed by atoms with van der Waals surface area (Å²) in [7, 11) is 1.38. The maximum absolute atomic E-state index is 11.1. The van der Waals surface area contributed by atoms with Crippen LogP contribution in [0.1, 0.15) is 11.3 Å². The first kappa shape index (κ1) is 9.71. The second-order valence-corrected chi connectivity index (χ2v) is 3.48. The Morgan fingerprint density at radius 1 is 1.53 bits per heavy atom. The molecule has 0 bridgehead atoms. The molecule has 0 spiro atoms. The van der Waals surface area contributed by atoms with E-state index in [1.165, 1.54) is 7.11 Å². The number of ether oxygens (including phenoxy) is 1. The van der Waals surface area contributed by atoms with Crippen molar-refractivity contribution in [2.75, 3.05) is 7.11 Å². The van der Waals surface area contributed by atoms with Crippen LogP contribution in [0, 0.1) is 6.92 Å². The van der Waals surface area contributed by atoms with Crippen molar-refractivity contribution in [3.05, 3.63) is 29.5 Å². The van der Waals surface area contributed by atoms with Crippen LogP contribution in [0.25, 0.3) is 10.9 Å². The molecule has 0 unspecified atom stereocenters. The van der Waals surface area contributed by atoms with Gasteiger partial charge in [-0.2, -0.15) is 5.10 Å². The zero-order valence-electron chi connectivity index (χ0n) is 8.70. The predicted molar refractivity (Wildman–Crippen MR) is 56.6 cm³/mol. The fourth-order valence-corrected chi connectivity index (χ4v) is 1.53. The van der Waals surface area contributed by atoms with E-state index in [9.17, 15) is 4.79 Å². The first-order valence-electron chi connectivity index (χ1n) is 4.71. The molecule has 0 fully saturated rings. The molecule has 78 valence electrons.